The Balaban J connectivity index is 2.01. The first-order valence-electron chi connectivity index (χ1n) is 6.45. The van der Waals surface area contributed by atoms with Crippen LogP contribution in [0.3, 0.4) is 0 Å². The molecule has 0 aliphatic carbocycles. The maximum atomic E-state index is 13.0. The zero-order chi connectivity index (χ0) is 14.8. The average Bonchev–Trinajstić information content (AvgIpc) is 2.38. The molecule has 5 nitrogen and oxygen atoms in total. The molecule has 0 amide bonds. The van der Waals surface area contributed by atoms with Crippen LogP contribution in [0.5, 0.6) is 0 Å². The molecule has 1 saturated heterocycles. The Hall–Kier alpha value is -1.34. The van der Waals surface area contributed by atoms with Gasteiger partial charge in [-0.25, -0.2) is 17.1 Å². The summed E-state index contributed by atoms with van der Waals surface area (Å²) in [7, 11) is -3.22. The Kier molecular flexibility index (Phi) is 4.49. The van der Waals surface area contributed by atoms with Crippen molar-refractivity contribution in [2.75, 3.05) is 19.3 Å². The van der Waals surface area contributed by atoms with E-state index in [1.54, 1.807) is 0 Å². The second kappa shape index (κ2) is 5.97. The van der Waals surface area contributed by atoms with Gasteiger partial charge in [-0.2, -0.15) is 0 Å². The van der Waals surface area contributed by atoms with Gasteiger partial charge in [-0.3, -0.25) is 9.78 Å². The van der Waals surface area contributed by atoms with E-state index in [-0.39, 0.29) is 23.7 Å². The molecule has 1 unspecified atom stereocenters. The number of carbonyl (C=O) groups excluding carboxylic acids is 1. The molecule has 1 atom stereocenters. The topological polar surface area (TPSA) is 67.3 Å². The number of halogens is 1. The Morgan fingerprint density at radius 3 is 2.90 bits per heavy atom. The highest BCUT2D eigenvalue weighted by atomic mass is 32.2. The fraction of sp³-hybridized carbons (Fsp3) is 0.538. The second-order valence-corrected chi connectivity index (χ2v) is 7.13. The van der Waals surface area contributed by atoms with Crippen molar-refractivity contribution in [2.24, 2.45) is 5.92 Å². The normalized spacial score (nSPS) is 20.8. The van der Waals surface area contributed by atoms with Gasteiger partial charge in [0.15, 0.2) is 5.78 Å². The first kappa shape index (κ1) is 15.1. The fourth-order valence-electron chi connectivity index (χ4n) is 2.44. The molecule has 1 aliphatic heterocycles. The number of pyridine rings is 1. The maximum Gasteiger partial charge on any atom is 0.211 e. The van der Waals surface area contributed by atoms with Gasteiger partial charge >= 0.3 is 0 Å². The summed E-state index contributed by atoms with van der Waals surface area (Å²) in [6.45, 7) is 0.859. The summed E-state index contributed by atoms with van der Waals surface area (Å²) in [5, 5.41) is 0. The number of hydrogen-bond acceptors (Lipinski definition) is 4. The van der Waals surface area contributed by atoms with Crippen molar-refractivity contribution < 1.29 is 17.6 Å². The van der Waals surface area contributed by atoms with Crippen LogP contribution >= 0.6 is 0 Å². The minimum atomic E-state index is -3.22. The Labute approximate surface area is 117 Å². The quantitative estimate of drug-likeness (QED) is 0.790. The molecule has 1 aromatic rings. The Morgan fingerprint density at radius 2 is 2.25 bits per heavy atom. The predicted octanol–water partition coefficient (Wildman–Crippen LogP) is 1.47. The van der Waals surface area contributed by atoms with E-state index >= 15 is 0 Å². The fourth-order valence-corrected chi connectivity index (χ4v) is 3.38. The molecule has 0 saturated carbocycles. The highest BCUT2D eigenvalue weighted by Crippen LogP contribution is 2.23. The van der Waals surface area contributed by atoms with Crippen molar-refractivity contribution in [2.45, 2.75) is 19.3 Å². The summed E-state index contributed by atoms with van der Waals surface area (Å²) in [6, 6.07) is 1.16. The average molecular weight is 300 g/mol. The zero-order valence-corrected chi connectivity index (χ0v) is 12.1. The number of ketones is 1. The number of rotatable bonds is 4. The Morgan fingerprint density at radius 1 is 1.50 bits per heavy atom. The van der Waals surface area contributed by atoms with Crippen molar-refractivity contribution in [1.29, 1.82) is 0 Å². The number of piperidine rings is 1. The summed E-state index contributed by atoms with van der Waals surface area (Å²) in [5.74, 6) is -0.760. The number of sulfonamides is 1. The molecule has 2 heterocycles. The van der Waals surface area contributed by atoms with Gasteiger partial charge in [0.2, 0.25) is 10.0 Å². The van der Waals surface area contributed by atoms with E-state index in [9.17, 15) is 17.6 Å². The first-order chi connectivity index (χ1) is 9.36. The molecule has 7 heteroatoms. The van der Waals surface area contributed by atoms with E-state index in [4.69, 9.17) is 0 Å². The van der Waals surface area contributed by atoms with E-state index in [1.807, 2.05) is 0 Å². The van der Waals surface area contributed by atoms with E-state index in [0.717, 1.165) is 25.1 Å². The number of Topliss-reactive ketones (excluding diaryl/α,β-unsaturated/α-hetero) is 1. The van der Waals surface area contributed by atoms with Crippen LogP contribution < -0.4 is 0 Å². The first-order valence-corrected chi connectivity index (χ1v) is 8.30. The number of hydrogen-bond donors (Lipinski definition) is 0. The Bertz CT molecular complexity index is 603. The van der Waals surface area contributed by atoms with Crippen LogP contribution in [-0.4, -0.2) is 42.8 Å². The molecule has 2 rings (SSSR count). The van der Waals surface area contributed by atoms with Crippen LogP contribution in [0.1, 0.15) is 29.6 Å². The van der Waals surface area contributed by atoms with Crippen LogP contribution in [0, 0.1) is 11.7 Å². The van der Waals surface area contributed by atoms with Gasteiger partial charge in [-0.15, -0.1) is 0 Å². The summed E-state index contributed by atoms with van der Waals surface area (Å²) in [6.07, 6.45) is 5.32. The van der Waals surface area contributed by atoms with Crippen LogP contribution in [0.15, 0.2) is 18.5 Å². The third-order valence-electron chi connectivity index (χ3n) is 3.45. The number of carbonyl (C=O) groups is 1. The van der Waals surface area contributed by atoms with Gasteiger partial charge < -0.3 is 0 Å². The van der Waals surface area contributed by atoms with Crippen molar-refractivity contribution in [3.8, 4) is 0 Å². The van der Waals surface area contributed by atoms with Crippen LogP contribution in [0.4, 0.5) is 4.39 Å². The summed E-state index contributed by atoms with van der Waals surface area (Å²) >= 11 is 0. The lowest BCUT2D eigenvalue weighted by atomic mass is 9.92. The highest BCUT2D eigenvalue weighted by molar-refractivity contribution is 7.88. The van der Waals surface area contributed by atoms with Crippen molar-refractivity contribution in [3.63, 3.8) is 0 Å². The zero-order valence-electron chi connectivity index (χ0n) is 11.3. The standard InChI is InChI=1S/C13H17FN2O3S/c1-20(18,19)16-4-2-3-10(9-16)5-13(17)11-6-12(14)8-15-7-11/h6-8,10H,2-5,9H2,1H3. The number of nitrogens with zero attached hydrogens (tertiary/aromatic N) is 2. The molecular weight excluding hydrogens is 283 g/mol. The van der Waals surface area contributed by atoms with Crippen molar-refractivity contribution >= 4 is 15.8 Å². The summed E-state index contributed by atoms with van der Waals surface area (Å²) in [4.78, 5) is 15.7. The van der Waals surface area contributed by atoms with Crippen molar-refractivity contribution in [1.82, 2.24) is 9.29 Å². The highest BCUT2D eigenvalue weighted by Gasteiger charge is 2.27. The minimum absolute atomic E-state index is 0.0192. The summed E-state index contributed by atoms with van der Waals surface area (Å²) in [5.41, 5.74) is 0.237. The van der Waals surface area contributed by atoms with Gasteiger partial charge in [-0.1, -0.05) is 0 Å². The van der Waals surface area contributed by atoms with Gasteiger partial charge in [0.1, 0.15) is 5.82 Å². The lowest BCUT2D eigenvalue weighted by molar-refractivity contribution is 0.0941. The molecule has 110 valence electrons. The molecular formula is C13H17FN2O3S. The lowest BCUT2D eigenvalue weighted by Crippen LogP contribution is -2.39. The number of aromatic nitrogens is 1. The van der Waals surface area contributed by atoms with Gasteiger partial charge in [-0.05, 0) is 24.8 Å². The lowest BCUT2D eigenvalue weighted by Gasteiger charge is -2.30. The molecule has 1 fully saturated rings. The SMILES string of the molecule is CS(=O)(=O)N1CCCC(CC(=O)c2cncc(F)c2)C1. The van der Waals surface area contributed by atoms with Gasteiger partial charge in [0.05, 0.1) is 12.5 Å². The summed E-state index contributed by atoms with van der Waals surface area (Å²) < 4.78 is 37.5. The van der Waals surface area contributed by atoms with Crippen molar-refractivity contribution in [3.05, 3.63) is 29.8 Å². The van der Waals surface area contributed by atoms with E-state index in [1.165, 1.54) is 16.8 Å². The smallest absolute Gasteiger partial charge is 0.211 e. The van der Waals surface area contributed by atoms with Gasteiger partial charge in [0.25, 0.3) is 0 Å². The molecule has 20 heavy (non-hydrogen) atoms. The maximum absolute atomic E-state index is 13.0. The minimum Gasteiger partial charge on any atom is -0.294 e. The van der Waals surface area contributed by atoms with Crippen LogP contribution in [0.25, 0.3) is 0 Å². The monoisotopic (exact) mass is 300 g/mol. The van der Waals surface area contributed by atoms with E-state index in [2.05, 4.69) is 4.98 Å². The largest absolute Gasteiger partial charge is 0.294 e. The molecule has 0 bridgehead atoms. The van der Waals surface area contributed by atoms with Gasteiger partial charge in [0, 0.05) is 31.3 Å². The van der Waals surface area contributed by atoms with Crippen LogP contribution in [-0.2, 0) is 10.0 Å². The van der Waals surface area contributed by atoms with E-state index < -0.39 is 15.8 Å². The second-order valence-electron chi connectivity index (χ2n) is 5.15. The molecule has 0 aromatic carbocycles. The molecule has 1 aromatic heterocycles. The third kappa shape index (κ3) is 3.83. The van der Waals surface area contributed by atoms with E-state index in [0.29, 0.717) is 13.1 Å². The van der Waals surface area contributed by atoms with Crippen LogP contribution in [0.2, 0.25) is 0 Å². The molecule has 0 radical (unpaired) electrons. The molecule has 1 aliphatic rings. The molecule has 0 spiro atoms. The predicted molar refractivity (Wildman–Crippen MR) is 72.3 cm³/mol. The third-order valence-corrected chi connectivity index (χ3v) is 4.72. The molecule has 0 N–H and O–H groups in total.